The van der Waals surface area contributed by atoms with Crippen molar-refractivity contribution in [3.8, 4) is 10.6 Å². The summed E-state index contributed by atoms with van der Waals surface area (Å²) in [6, 6.07) is 75.7. The number of thiazole rings is 1. The molecule has 282 valence electrons. The van der Waals surface area contributed by atoms with Gasteiger partial charge in [0.05, 0.1) is 10.2 Å². The molecule has 0 fully saturated rings. The van der Waals surface area contributed by atoms with Crippen LogP contribution < -0.4 is 9.80 Å². The molecule has 60 heavy (non-hydrogen) atoms. The lowest BCUT2D eigenvalue weighted by atomic mass is 9.98. The minimum absolute atomic E-state index is 0.876. The van der Waals surface area contributed by atoms with Crippen LogP contribution in [0.4, 0.5) is 34.1 Å². The van der Waals surface area contributed by atoms with Crippen LogP contribution in [-0.2, 0) is 0 Å². The SMILES string of the molecule is c1ccc(N(c2ccccc2)c2ccc3c(c2)c2cc(N(c4ccccc4)c4ccc5oc6ccccc6c5c4)ccc2c2sc(-c4ccc5ccccc5c4)nc32)cc1. The van der Waals surface area contributed by atoms with Gasteiger partial charge in [-0.2, -0.15) is 0 Å². The maximum Gasteiger partial charge on any atom is 0.135 e. The van der Waals surface area contributed by atoms with Gasteiger partial charge in [0.1, 0.15) is 16.2 Å². The zero-order valence-corrected chi connectivity index (χ0v) is 33.2. The van der Waals surface area contributed by atoms with E-state index in [4.69, 9.17) is 9.40 Å². The number of para-hydroxylation sites is 4. The molecule has 0 saturated carbocycles. The standard InChI is InChI=1S/C55H35N3OS/c1-4-16-39(17-5-1)57(40-18-6-2-7-19-40)42-26-29-46-48(33-42)49-34-43(27-30-47(49)54-53(46)56-55(60-54)38-25-24-36-14-10-11-15-37(36)32-38)58(41-20-8-3-9-21-41)44-28-31-52-50(35-44)45-22-12-13-23-51(45)59-52/h1-35H. The average molecular weight is 786 g/mol. The Labute approximate surface area is 350 Å². The van der Waals surface area contributed by atoms with Crippen LogP contribution in [0.2, 0.25) is 0 Å². The highest BCUT2D eigenvalue weighted by Gasteiger charge is 2.21. The minimum Gasteiger partial charge on any atom is -0.456 e. The lowest BCUT2D eigenvalue weighted by Gasteiger charge is -2.27. The molecule has 0 amide bonds. The van der Waals surface area contributed by atoms with E-state index in [2.05, 4.69) is 210 Å². The fraction of sp³-hybridized carbons (Fsp3) is 0. The fourth-order valence-electron chi connectivity index (χ4n) is 8.80. The molecule has 0 saturated heterocycles. The Kier molecular flexibility index (Phi) is 8.00. The van der Waals surface area contributed by atoms with E-state index in [1.807, 2.05) is 12.1 Å². The maximum atomic E-state index is 6.27. The van der Waals surface area contributed by atoms with E-state index >= 15 is 0 Å². The molecule has 0 spiro atoms. The largest absolute Gasteiger partial charge is 0.456 e. The van der Waals surface area contributed by atoms with Crippen LogP contribution in [0.3, 0.4) is 0 Å². The number of anilines is 6. The fourth-order valence-corrected chi connectivity index (χ4v) is 9.92. The van der Waals surface area contributed by atoms with Gasteiger partial charge >= 0.3 is 0 Å². The maximum absolute atomic E-state index is 6.27. The normalized spacial score (nSPS) is 11.7. The Hall–Kier alpha value is -7.73. The monoisotopic (exact) mass is 785 g/mol. The van der Waals surface area contributed by atoms with Gasteiger partial charge in [0.25, 0.3) is 0 Å². The predicted octanol–water partition coefficient (Wildman–Crippen LogP) is 16.3. The minimum atomic E-state index is 0.876. The molecule has 0 bridgehead atoms. The van der Waals surface area contributed by atoms with Crippen molar-refractivity contribution in [2.24, 2.45) is 0 Å². The molecule has 2 heterocycles. The second kappa shape index (κ2) is 14.0. The molecule has 5 heteroatoms. The molecule has 0 aliphatic rings. The molecule has 10 aromatic carbocycles. The first-order valence-corrected chi connectivity index (χ1v) is 21.0. The van der Waals surface area contributed by atoms with Crippen LogP contribution in [0.1, 0.15) is 0 Å². The first kappa shape index (κ1) is 34.3. The van der Waals surface area contributed by atoms with Gasteiger partial charge in [0, 0.05) is 61.2 Å². The van der Waals surface area contributed by atoms with Crippen LogP contribution in [0.25, 0.3) is 75.0 Å². The molecular formula is C55H35N3OS. The van der Waals surface area contributed by atoms with Crippen molar-refractivity contribution in [2.75, 3.05) is 9.80 Å². The van der Waals surface area contributed by atoms with Gasteiger partial charge in [-0.3, -0.25) is 0 Å². The number of aromatic nitrogens is 1. The Morgan fingerprint density at radius 3 is 1.55 bits per heavy atom. The Morgan fingerprint density at radius 2 is 0.867 bits per heavy atom. The molecular weight excluding hydrogens is 751 g/mol. The van der Waals surface area contributed by atoms with Crippen molar-refractivity contribution in [1.82, 2.24) is 4.98 Å². The average Bonchev–Trinajstić information content (AvgIpc) is 3.93. The Bertz CT molecular complexity index is 3520. The van der Waals surface area contributed by atoms with Gasteiger partial charge in [-0.1, -0.05) is 121 Å². The summed E-state index contributed by atoms with van der Waals surface area (Å²) in [6.07, 6.45) is 0. The van der Waals surface area contributed by atoms with E-state index < -0.39 is 0 Å². The van der Waals surface area contributed by atoms with Gasteiger partial charge in [0.2, 0.25) is 0 Å². The summed E-state index contributed by atoms with van der Waals surface area (Å²) < 4.78 is 7.45. The van der Waals surface area contributed by atoms with E-state index in [1.165, 1.54) is 26.2 Å². The molecule has 12 aromatic rings. The van der Waals surface area contributed by atoms with Crippen molar-refractivity contribution in [3.63, 3.8) is 0 Å². The van der Waals surface area contributed by atoms with E-state index in [-0.39, 0.29) is 0 Å². The number of fused-ring (bicyclic) bond motifs is 10. The Balaban J connectivity index is 1.12. The molecule has 0 atom stereocenters. The number of nitrogens with zero attached hydrogens (tertiary/aromatic N) is 3. The molecule has 0 radical (unpaired) electrons. The summed E-state index contributed by atoms with van der Waals surface area (Å²) in [5.74, 6) is 0. The first-order valence-electron chi connectivity index (χ1n) is 20.2. The number of hydrogen-bond acceptors (Lipinski definition) is 5. The Morgan fingerprint density at radius 1 is 0.350 bits per heavy atom. The molecule has 0 unspecified atom stereocenters. The van der Waals surface area contributed by atoms with Crippen molar-refractivity contribution < 1.29 is 4.42 Å². The van der Waals surface area contributed by atoms with Crippen LogP contribution in [0.5, 0.6) is 0 Å². The second-order valence-electron chi connectivity index (χ2n) is 15.2. The predicted molar refractivity (Wildman–Crippen MR) is 254 cm³/mol. The van der Waals surface area contributed by atoms with Crippen molar-refractivity contribution in [3.05, 3.63) is 212 Å². The van der Waals surface area contributed by atoms with E-state index in [0.717, 1.165) is 82.9 Å². The van der Waals surface area contributed by atoms with Crippen LogP contribution in [0, 0.1) is 0 Å². The quantitative estimate of drug-likeness (QED) is 0.151. The summed E-state index contributed by atoms with van der Waals surface area (Å²) in [5.41, 5.74) is 10.4. The zero-order chi connectivity index (χ0) is 39.6. The van der Waals surface area contributed by atoms with Gasteiger partial charge < -0.3 is 14.2 Å². The summed E-state index contributed by atoms with van der Waals surface area (Å²) in [5, 5.41) is 10.3. The number of benzene rings is 10. The molecule has 12 rings (SSSR count). The van der Waals surface area contributed by atoms with E-state index in [1.54, 1.807) is 11.3 Å². The highest BCUT2D eigenvalue weighted by atomic mass is 32.1. The summed E-state index contributed by atoms with van der Waals surface area (Å²) >= 11 is 1.77. The highest BCUT2D eigenvalue weighted by Crippen LogP contribution is 2.46. The summed E-state index contributed by atoms with van der Waals surface area (Å²) in [7, 11) is 0. The van der Waals surface area contributed by atoms with Crippen molar-refractivity contribution in [1.29, 1.82) is 0 Å². The third-order valence-corrected chi connectivity index (χ3v) is 12.7. The van der Waals surface area contributed by atoms with Crippen molar-refractivity contribution >= 4 is 110 Å². The highest BCUT2D eigenvalue weighted by molar-refractivity contribution is 7.22. The molecule has 0 N–H and O–H groups in total. The third kappa shape index (κ3) is 5.70. The van der Waals surface area contributed by atoms with Gasteiger partial charge in [-0.05, 0) is 113 Å². The van der Waals surface area contributed by atoms with Gasteiger partial charge in [0.15, 0.2) is 0 Å². The molecule has 0 aliphatic heterocycles. The first-order chi connectivity index (χ1) is 29.7. The van der Waals surface area contributed by atoms with Crippen LogP contribution in [-0.4, -0.2) is 4.98 Å². The zero-order valence-electron chi connectivity index (χ0n) is 32.4. The third-order valence-electron chi connectivity index (χ3n) is 11.6. The van der Waals surface area contributed by atoms with Gasteiger partial charge in [-0.25, -0.2) is 4.98 Å². The topological polar surface area (TPSA) is 32.5 Å². The lowest BCUT2D eigenvalue weighted by Crippen LogP contribution is -2.10. The van der Waals surface area contributed by atoms with Crippen LogP contribution in [0.15, 0.2) is 217 Å². The van der Waals surface area contributed by atoms with Gasteiger partial charge in [-0.15, -0.1) is 11.3 Å². The molecule has 2 aromatic heterocycles. The summed E-state index contributed by atoms with van der Waals surface area (Å²) in [6.45, 7) is 0. The van der Waals surface area contributed by atoms with Crippen molar-refractivity contribution in [2.45, 2.75) is 0 Å². The van der Waals surface area contributed by atoms with E-state index in [9.17, 15) is 0 Å². The molecule has 4 nitrogen and oxygen atoms in total. The van der Waals surface area contributed by atoms with Crippen LogP contribution >= 0.6 is 11.3 Å². The summed E-state index contributed by atoms with van der Waals surface area (Å²) in [4.78, 5) is 10.1. The molecule has 0 aliphatic carbocycles. The lowest BCUT2D eigenvalue weighted by molar-refractivity contribution is 0.669. The number of rotatable bonds is 7. The number of furan rings is 1. The number of hydrogen-bond donors (Lipinski definition) is 0. The smallest absolute Gasteiger partial charge is 0.135 e. The second-order valence-corrected chi connectivity index (χ2v) is 16.2. The van der Waals surface area contributed by atoms with E-state index in [0.29, 0.717) is 0 Å².